The number of carboxylic acid groups (broad SMARTS) is 1. The van der Waals surface area contributed by atoms with E-state index < -0.39 is 5.97 Å². The Bertz CT molecular complexity index is 624. The average Bonchev–Trinajstić information content (AvgIpc) is 2.40. The maximum Gasteiger partial charge on any atom is 0.328 e. The zero-order valence-electron chi connectivity index (χ0n) is 10.3. The van der Waals surface area contributed by atoms with E-state index in [4.69, 9.17) is 9.84 Å². The molecule has 0 amide bonds. The van der Waals surface area contributed by atoms with E-state index in [2.05, 4.69) is 9.97 Å². The molecule has 0 aliphatic rings. The Labute approximate surface area is 110 Å². The Morgan fingerprint density at radius 3 is 2.74 bits per heavy atom. The molecular formula is C14H12N2O3. The van der Waals surface area contributed by atoms with Gasteiger partial charge < -0.3 is 9.84 Å². The van der Waals surface area contributed by atoms with Crippen molar-refractivity contribution in [2.75, 3.05) is 0 Å². The van der Waals surface area contributed by atoms with Crippen molar-refractivity contribution in [2.24, 2.45) is 0 Å². The van der Waals surface area contributed by atoms with Gasteiger partial charge in [-0.15, -0.1) is 0 Å². The quantitative estimate of drug-likeness (QED) is 0.851. The Morgan fingerprint density at radius 1 is 1.26 bits per heavy atom. The molecule has 0 unspecified atom stereocenters. The van der Waals surface area contributed by atoms with Crippen LogP contribution in [0.4, 0.5) is 0 Å². The zero-order valence-corrected chi connectivity index (χ0v) is 10.3. The molecular weight excluding hydrogens is 244 g/mol. The highest BCUT2D eigenvalue weighted by Crippen LogP contribution is 2.25. The van der Waals surface area contributed by atoms with Crippen LogP contribution in [0.5, 0.6) is 11.6 Å². The minimum absolute atomic E-state index is 0.344. The number of hydrogen-bond donors (Lipinski definition) is 1. The molecule has 0 radical (unpaired) electrons. The van der Waals surface area contributed by atoms with Gasteiger partial charge in [-0.1, -0.05) is 0 Å². The van der Waals surface area contributed by atoms with Crippen molar-refractivity contribution in [3.63, 3.8) is 0 Å². The first-order valence-electron chi connectivity index (χ1n) is 5.62. The number of pyridine rings is 2. The van der Waals surface area contributed by atoms with Crippen molar-refractivity contribution in [3.8, 4) is 11.6 Å². The molecule has 2 heterocycles. The summed E-state index contributed by atoms with van der Waals surface area (Å²) in [5.74, 6) is -0.0883. The molecule has 5 heteroatoms. The van der Waals surface area contributed by atoms with E-state index >= 15 is 0 Å². The molecule has 0 aliphatic carbocycles. The largest absolute Gasteiger partial charge is 0.478 e. The summed E-state index contributed by atoms with van der Waals surface area (Å²) in [5.41, 5.74) is 1.33. The molecule has 0 atom stereocenters. The van der Waals surface area contributed by atoms with Crippen molar-refractivity contribution < 1.29 is 14.6 Å². The number of hydrogen-bond acceptors (Lipinski definition) is 4. The molecule has 5 nitrogen and oxygen atoms in total. The lowest BCUT2D eigenvalue weighted by Gasteiger charge is -2.08. The van der Waals surface area contributed by atoms with E-state index in [9.17, 15) is 4.79 Å². The summed E-state index contributed by atoms with van der Waals surface area (Å²) in [6, 6.07) is 6.98. The molecule has 0 fully saturated rings. The van der Waals surface area contributed by atoms with Gasteiger partial charge in [0, 0.05) is 24.0 Å². The standard InChI is InChI=1S/C14H12N2O3/c1-10-12(5-3-8-15-10)19-14-11(4-2-9-16-14)6-7-13(17)18/h2-9H,1H3,(H,17,18)/b7-6+. The van der Waals surface area contributed by atoms with E-state index in [0.29, 0.717) is 17.2 Å². The van der Waals surface area contributed by atoms with E-state index in [1.807, 2.05) is 6.92 Å². The molecule has 0 aliphatic heterocycles. The van der Waals surface area contributed by atoms with Crippen molar-refractivity contribution in [3.05, 3.63) is 54.0 Å². The van der Waals surface area contributed by atoms with Crippen molar-refractivity contribution in [2.45, 2.75) is 6.92 Å². The lowest BCUT2D eigenvalue weighted by molar-refractivity contribution is -0.131. The van der Waals surface area contributed by atoms with E-state index in [1.54, 1.807) is 36.7 Å². The molecule has 96 valence electrons. The lowest BCUT2D eigenvalue weighted by Crippen LogP contribution is -1.94. The Kier molecular flexibility index (Phi) is 3.87. The summed E-state index contributed by atoms with van der Waals surface area (Å²) in [6.45, 7) is 1.82. The maximum atomic E-state index is 10.5. The molecule has 0 aromatic carbocycles. The number of carboxylic acids is 1. The van der Waals surface area contributed by atoms with Crippen LogP contribution in [0.3, 0.4) is 0 Å². The monoisotopic (exact) mass is 256 g/mol. The summed E-state index contributed by atoms with van der Waals surface area (Å²) in [5, 5.41) is 8.64. The van der Waals surface area contributed by atoms with Crippen LogP contribution in [0, 0.1) is 6.92 Å². The third kappa shape index (κ3) is 3.38. The third-order valence-electron chi connectivity index (χ3n) is 2.37. The van der Waals surface area contributed by atoms with Crippen molar-refractivity contribution >= 4 is 12.0 Å². The molecule has 2 aromatic heterocycles. The number of aromatic nitrogens is 2. The van der Waals surface area contributed by atoms with Crippen LogP contribution in [0.2, 0.25) is 0 Å². The number of carbonyl (C=O) groups is 1. The first-order chi connectivity index (χ1) is 9.16. The fourth-order valence-electron chi connectivity index (χ4n) is 1.46. The molecule has 19 heavy (non-hydrogen) atoms. The number of nitrogens with zero attached hydrogens (tertiary/aromatic N) is 2. The molecule has 2 aromatic rings. The van der Waals surface area contributed by atoms with Gasteiger partial charge in [-0.05, 0) is 37.3 Å². The SMILES string of the molecule is Cc1ncccc1Oc1ncccc1/C=C/C(=O)O. The Hall–Kier alpha value is -2.69. The number of rotatable bonds is 4. The Balaban J connectivity index is 2.30. The van der Waals surface area contributed by atoms with Crippen LogP contribution in [-0.4, -0.2) is 21.0 Å². The fraction of sp³-hybridized carbons (Fsp3) is 0.0714. The third-order valence-corrected chi connectivity index (χ3v) is 2.37. The molecule has 2 rings (SSSR count). The van der Waals surface area contributed by atoms with Gasteiger partial charge in [0.05, 0.1) is 5.69 Å². The fourth-order valence-corrected chi connectivity index (χ4v) is 1.46. The molecule has 0 bridgehead atoms. The van der Waals surface area contributed by atoms with Gasteiger partial charge in [0.1, 0.15) is 0 Å². The maximum absolute atomic E-state index is 10.5. The van der Waals surface area contributed by atoms with Gasteiger partial charge in [-0.3, -0.25) is 4.98 Å². The Morgan fingerprint density at radius 2 is 2.00 bits per heavy atom. The minimum Gasteiger partial charge on any atom is -0.478 e. The highest BCUT2D eigenvalue weighted by Gasteiger charge is 2.06. The van der Waals surface area contributed by atoms with Crippen LogP contribution in [0.25, 0.3) is 6.08 Å². The predicted molar refractivity (Wildman–Crippen MR) is 70.0 cm³/mol. The van der Waals surface area contributed by atoms with E-state index in [-0.39, 0.29) is 0 Å². The predicted octanol–water partition coefficient (Wildman–Crippen LogP) is 2.68. The van der Waals surface area contributed by atoms with Crippen LogP contribution < -0.4 is 4.74 Å². The normalized spacial score (nSPS) is 10.6. The summed E-state index contributed by atoms with van der Waals surface area (Å²) < 4.78 is 5.65. The average molecular weight is 256 g/mol. The van der Waals surface area contributed by atoms with Crippen LogP contribution in [0.15, 0.2) is 42.7 Å². The topological polar surface area (TPSA) is 72.3 Å². The van der Waals surface area contributed by atoms with Gasteiger partial charge in [-0.2, -0.15) is 0 Å². The summed E-state index contributed by atoms with van der Waals surface area (Å²) >= 11 is 0. The highest BCUT2D eigenvalue weighted by molar-refractivity contribution is 5.85. The number of aliphatic carboxylic acids is 1. The van der Waals surface area contributed by atoms with Crippen LogP contribution >= 0.6 is 0 Å². The molecule has 0 saturated heterocycles. The van der Waals surface area contributed by atoms with E-state index in [1.165, 1.54) is 6.08 Å². The summed E-state index contributed by atoms with van der Waals surface area (Å²) in [7, 11) is 0. The number of ether oxygens (including phenoxy) is 1. The minimum atomic E-state index is -1.02. The smallest absolute Gasteiger partial charge is 0.328 e. The van der Waals surface area contributed by atoms with Gasteiger partial charge in [-0.25, -0.2) is 9.78 Å². The second-order valence-corrected chi connectivity index (χ2v) is 3.76. The first-order valence-corrected chi connectivity index (χ1v) is 5.62. The van der Waals surface area contributed by atoms with Crippen LogP contribution in [0.1, 0.15) is 11.3 Å². The molecule has 0 spiro atoms. The second kappa shape index (κ2) is 5.77. The first kappa shape index (κ1) is 12.8. The van der Waals surface area contributed by atoms with Gasteiger partial charge >= 0.3 is 5.97 Å². The second-order valence-electron chi connectivity index (χ2n) is 3.76. The highest BCUT2D eigenvalue weighted by atomic mass is 16.5. The van der Waals surface area contributed by atoms with E-state index in [0.717, 1.165) is 11.8 Å². The molecule has 0 saturated carbocycles. The summed E-state index contributed by atoms with van der Waals surface area (Å²) in [4.78, 5) is 18.8. The molecule has 1 N–H and O–H groups in total. The van der Waals surface area contributed by atoms with Crippen molar-refractivity contribution in [1.29, 1.82) is 0 Å². The lowest BCUT2D eigenvalue weighted by atomic mass is 10.2. The van der Waals surface area contributed by atoms with Crippen LogP contribution in [-0.2, 0) is 4.79 Å². The van der Waals surface area contributed by atoms with Gasteiger partial charge in [0.15, 0.2) is 5.75 Å². The van der Waals surface area contributed by atoms with Gasteiger partial charge in [0.2, 0.25) is 5.88 Å². The van der Waals surface area contributed by atoms with Gasteiger partial charge in [0.25, 0.3) is 0 Å². The number of aryl methyl sites for hydroxylation is 1. The zero-order chi connectivity index (χ0) is 13.7. The van der Waals surface area contributed by atoms with Crippen molar-refractivity contribution in [1.82, 2.24) is 9.97 Å². The summed E-state index contributed by atoms with van der Waals surface area (Å²) in [6.07, 6.45) is 5.74.